The average Bonchev–Trinajstić information content (AvgIpc) is 3.04. The SMILES string of the molecule is Cc1cc2[nH]c(O)c(C3=C(N=O)c4ccccc4C3)c2cc1Cl. The normalized spacial score (nSPS) is 13.7. The zero-order valence-corrected chi connectivity index (χ0v) is 13.1. The number of hydrogen-bond donors (Lipinski definition) is 2. The van der Waals surface area contributed by atoms with Gasteiger partial charge in [0.15, 0.2) is 5.88 Å². The summed E-state index contributed by atoms with van der Waals surface area (Å²) in [5.74, 6) is 0.0330. The first-order chi connectivity index (χ1) is 11.1. The van der Waals surface area contributed by atoms with Crippen LogP contribution in [0.4, 0.5) is 0 Å². The number of fused-ring (bicyclic) bond motifs is 2. The van der Waals surface area contributed by atoms with Crippen LogP contribution in [0, 0.1) is 11.8 Å². The van der Waals surface area contributed by atoms with Crippen molar-refractivity contribution < 1.29 is 5.11 Å². The quantitative estimate of drug-likeness (QED) is 0.649. The summed E-state index contributed by atoms with van der Waals surface area (Å²) in [5.41, 5.74) is 5.28. The van der Waals surface area contributed by atoms with Gasteiger partial charge in [0, 0.05) is 33.5 Å². The molecule has 3 aromatic rings. The number of aromatic nitrogens is 1. The molecule has 2 N–H and O–H groups in total. The van der Waals surface area contributed by atoms with Crippen LogP contribution in [-0.2, 0) is 6.42 Å². The third-order valence-electron chi connectivity index (χ3n) is 4.38. The second kappa shape index (κ2) is 4.96. The Morgan fingerprint density at radius 2 is 2.04 bits per heavy atom. The number of nitrogens with zero attached hydrogens (tertiary/aromatic N) is 1. The Kier molecular flexibility index (Phi) is 3.03. The van der Waals surface area contributed by atoms with E-state index in [4.69, 9.17) is 11.6 Å². The van der Waals surface area contributed by atoms with Crippen LogP contribution in [0.5, 0.6) is 5.88 Å². The fraction of sp³-hybridized carbons (Fsp3) is 0.111. The first-order valence-electron chi connectivity index (χ1n) is 7.26. The number of nitrogens with one attached hydrogen (secondary N) is 1. The van der Waals surface area contributed by atoms with E-state index in [1.807, 2.05) is 43.3 Å². The van der Waals surface area contributed by atoms with Crippen molar-refractivity contribution in [1.29, 1.82) is 0 Å². The van der Waals surface area contributed by atoms with E-state index >= 15 is 0 Å². The summed E-state index contributed by atoms with van der Waals surface area (Å²) in [6.07, 6.45) is 0.559. The molecule has 1 aliphatic carbocycles. The number of halogens is 1. The molecule has 0 saturated heterocycles. The van der Waals surface area contributed by atoms with Crippen molar-refractivity contribution >= 4 is 33.8 Å². The Morgan fingerprint density at radius 1 is 1.26 bits per heavy atom. The summed E-state index contributed by atoms with van der Waals surface area (Å²) in [6.45, 7) is 1.91. The summed E-state index contributed by atoms with van der Waals surface area (Å²) in [4.78, 5) is 14.4. The van der Waals surface area contributed by atoms with Crippen molar-refractivity contribution in [3.05, 3.63) is 68.6 Å². The fourth-order valence-electron chi connectivity index (χ4n) is 3.27. The molecule has 0 aliphatic heterocycles. The van der Waals surface area contributed by atoms with Crippen molar-refractivity contribution in [2.45, 2.75) is 13.3 Å². The van der Waals surface area contributed by atoms with Crippen LogP contribution >= 0.6 is 11.6 Å². The molecule has 0 bridgehead atoms. The van der Waals surface area contributed by atoms with Gasteiger partial charge in [0.25, 0.3) is 0 Å². The average molecular weight is 325 g/mol. The number of nitroso groups, excluding NO2 is 1. The molecule has 0 fully saturated rings. The molecular weight excluding hydrogens is 312 g/mol. The molecular formula is C18H13ClN2O2. The fourth-order valence-corrected chi connectivity index (χ4v) is 3.43. The predicted molar refractivity (Wildman–Crippen MR) is 92.5 cm³/mol. The van der Waals surface area contributed by atoms with Gasteiger partial charge in [-0.05, 0) is 40.9 Å². The molecule has 0 saturated carbocycles. The maximum absolute atomic E-state index is 11.4. The summed E-state index contributed by atoms with van der Waals surface area (Å²) >= 11 is 6.24. The van der Waals surface area contributed by atoms with E-state index in [1.165, 1.54) is 0 Å². The number of H-pyrrole nitrogens is 1. The number of benzene rings is 2. The smallest absolute Gasteiger partial charge is 0.197 e. The number of aryl methyl sites for hydroxylation is 1. The minimum Gasteiger partial charge on any atom is -0.494 e. The third-order valence-corrected chi connectivity index (χ3v) is 4.78. The second-order valence-electron chi connectivity index (χ2n) is 5.75. The lowest BCUT2D eigenvalue weighted by atomic mass is 10.0. The molecule has 4 rings (SSSR count). The van der Waals surface area contributed by atoms with Crippen molar-refractivity contribution in [2.24, 2.45) is 5.18 Å². The van der Waals surface area contributed by atoms with E-state index in [-0.39, 0.29) is 5.88 Å². The van der Waals surface area contributed by atoms with Crippen molar-refractivity contribution in [3.8, 4) is 5.88 Å². The van der Waals surface area contributed by atoms with Gasteiger partial charge in [0.1, 0.15) is 5.70 Å². The van der Waals surface area contributed by atoms with E-state index in [1.54, 1.807) is 0 Å². The Hall–Kier alpha value is -2.59. The minimum atomic E-state index is 0.0330. The first-order valence-corrected chi connectivity index (χ1v) is 7.64. The topological polar surface area (TPSA) is 65.4 Å². The minimum absolute atomic E-state index is 0.0330. The van der Waals surface area contributed by atoms with Gasteiger partial charge in [0.2, 0.25) is 0 Å². The van der Waals surface area contributed by atoms with Crippen LogP contribution in [-0.4, -0.2) is 10.1 Å². The predicted octanol–water partition coefficient (Wildman–Crippen LogP) is 5.03. The second-order valence-corrected chi connectivity index (χ2v) is 6.16. The maximum atomic E-state index is 11.4. The zero-order chi connectivity index (χ0) is 16.1. The molecule has 1 aromatic heterocycles. The molecule has 1 heterocycles. The Bertz CT molecular complexity index is 1000. The Labute approximate surface area is 137 Å². The van der Waals surface area contributed by atoms with E-state index in [0.717, 1.165) is 33.2 Å². The van der Waals surface area contributed by atoms with Crippen molar-refractivity contribution in [2.75, 3.05) is 0 Å². The monoisotopic (exact) mass is 324 g/mol. The first kappa shape index (κ1) is 14.0. The number of rotatable bonds is 2. The third kappa shape index (κ3) is 1.99. The molecule has 5 heteroatoms. The van der Waals surface area contributed by atoms with Gasteiger partial charge in [-0.15, -0.1) is 4.91 Å². The highest BCUT2D eigenvalue weighted by atomic mass is 35.5. The van der Waals surface area contributed by atoms with Gasteiger partial charge in [-0.3, -0.25) is 0 Å². The highest BCUT2D eigenvalue weighted by Gasteiger charge is 2.27. The summed E-state index contributed by atoms with van der Waals surface area (Å²) < 4.78 is 0. The molecule has 4 nitrogen and oxygen atoms in total. The van der Waals surface area contributed by atoms with Gasteiger partial charge in [0.05, 0.1) is 0 Å². The Balaban J connectivity index is 2.02. The van der Waals surface area contributed by atoms with Crippen LogP contribution in [0.25, 0.3) is 22.2 Å². The maximum Gasteiger partial charge on any atom is 0.197 e. The number of hydrogen-bond acceptors (Lipinski definition) is 3. The summed E-state index contributed by atoms with van der Waals surface area (Å²) in [7, 11) is 0. The summed E-state index contributed by atoms with van der Waals surface area (Å²) in [6, 6.07) is 11.4. The van der Waals surface area contributed by atoms with Crippen LogP contribution < -0.4 is 0 Å². The molecule has 0 amide bonds. The van der Waals surface area contributed by atoms with Gasteiger partial charge in [-0.1, -0.05) is 35.9 Å². The Morgan fingerprint density at radius 3 is 2.83 bits per heavy atom. The number of aromatic hydroxyl groups is 1. The van der Waals surface area contributed by atoms with Gasteiger partial charge >= 0.3 is 0 Å². The van der Waals surface area contributed by atoms with Gasteiger partial charge in [-0.25, -0.2) is 0 Å². The number of allylic oxidation sites excluding steroid dienone is 1. The standard InChI is InChI=1S/C18H13ClN2O2/c1-9-6-15-12(8-14(9)19)16(18(22)20-15)13-7-10-4-2-3-5-11(10)17(13)21-23/h2-6,8,20,22H,7H2,1H3. The van der Waals surface area contributed by atoms with Crippen molar-refractivity contribution in [3.63, 3.8) is 0 Å². The largest absolute Gasteiger partial charge is 0.494 e. The lowest BCUT2D eigenvalue weighted by Gasteiger charge is -2.04. The van der Waals surface area contributed by atoms with Crippen LogP contribution in [0.1, 0.15) is 22.3 Å². The lowest BCUT2D eigenvalue weighted by molar-refractivity contribution is 0.457. The molecule has 2 aromatic carbocycles. The van der Waals surface area contributed by atoms with Crippen molar-refractivity contribution in [1.82, 2.24) is 4.98 Å². The van der Waals surface area contributed by atoms with E-state index in [2.05, 4.69) is 10.2 Å². The molecule has 0 spiro atoms. The number of aromatic amines is 1. The van der Waals surface area contributed by atoms with E-state index in [9.17, 15) is 10.0 Å². The van der Waals surface area contributed by atoms with Crippen LogP contribution in [0.2, 0.25) is 5.02 Å². The van der Waals surface area contributed by atoms with Crippen LogP contribution in [0.15, 0.2) is 41.6 Å². The van der Waals surface area contributed by atoms with E-state index < -0.39 is 0 Å². The van der Waals surface area contributed by atoms with Gasteiger partial charge < -0.3 is 10.1 Å². The van der Waals surface area contributed by atoms with E-state index in [0.29, 0.717) is 22.7 Å². The highest BCUT2D eigenvalue weighted by Crippen LogP contribution is 2.45. The zero-order valence-electron chi connectivity index (χ0n) is 12.4. The molecule has 0 radical (unpaired) electrons. The molecule has 0 unspecified atom stereocenters. The van der Waals surface area contributed by atoms with Crippen LogP contribution in [0.3, 0.4) is 0 Å². The van der Waals surface area contributed by atoms with Gasteiger partial charge in [-0.2, -0.15) is 0 Å². The molecule has 1 aliphatic rings. The highest BCUT2D eigenvalue weighted by molar-refractivity contribution is 6.32. The molecule has 0 atom stereocenters. The molecule has 23 heavy (non-hydrogen) atoms. The summed E-state index contributed by atoms with van der Waals surface area (Å²) in [5, 5.41) is 15.0. The molecule has 114 valence electrons. The lowest BCUT2D eigenvalue weighted by Crippen LogP contribution is -1.86.